The Morgan fingerprint density at radius 1 is 0.879 bits per heavy atom. The normalized spacial score (nSPS) is 12.4. The highest BCUT2D eigenvalue weighted by Gasteiger charge is 2.14. The Balaban J connectivity index is 1.63. The molecule has 0 aliphatic carbocycles. The lowest BCUT2D eigenvalue weighted by atomic mass is 9.86. The molecule has 1 N–H and O–H groups in total. The number of halogens is 1. The SMILES string of the molecule is CC(C)(C)c1ccc(-c2cc(=NNc3ncnc4ccccc34)c3cc(Cl)ccc3o2)cc1. The fraction of sp³-hybridized carbons (Fsp3) is 0.148. The second-order valence-corrected chi connectivity index (χ2v) is 9.36. The molecule has 0 bridgehead atoms. The van der Waals surface area contributed by atoms with Gasteiger partial charge in [0.15, 0.2) is 5.82 Å². The lowest BCUT2D eigenvalue weighted by molar-refractivity contribution is 0.589. The monoisotopic (exact) mass is 454 g/mol. The average molecular weight is 455 g/mol. The molecule has 2 heterocycles. The zero-order chi connectivity index (χ0) is 23.0. The van der Waals surface area contributed by atoms with Crippen LogP contribution in [0.25, 0.3) is 33.2 Å². The quantitative estimate of drug-likeness (QED) is 0.300. The Morgan fingerprint density at radius 3 is 2.45 bits per heavy atom. The van der Waals surface area contributed by atoms with E-state index in [0.717, 1.165) is 27.6 Å². The summed E-state index contributed by atoms with van der Waals surface area (Å²) in [4.78, 5) is 8.68. The Hall–Kier alpha value is -3.70. The van der Waals surface area contributed by atoms with Crippen molar-refractivity contribution in [2.24, 2.45) is 5.10 Å². The molecule has 5 aromatic rings. The topological polar surface area (TPSA) is 63.3 Å². The number of fused-ring (bicyclic) bond motifs is 2. The molecule has 0 saturated carbocycles. The predicted molar refractivity (Wildman–Crippen MR) is 134 cm³/mol. The molecule has 0 aliphatic heterocycles. The first kappa shape index (κ1) is 21.2. The van der Waals surface area contributed by atoms with Crippen molar-refractivity contribution < 1.29 is 4.42 Å². The maximum Gasteiger partial charge on any atom is 0.157 e. The van der Waals surface area contributed by atoms with Crippen LogP contribution in [0.3, 0.4) is 0 Å². The van der Waals surface area contributed by atoms with Crippen molar-refractivity contribution in [1.29, 1.82) is 0 Å². The molecule has 0 saturated heterocycles. The van der Waals surface area contributed by atoms with Crippen LogP contribution in [0, 0.1) is 0 Å². The smallest absolute Gasteiger partial charge is 0.157 e. The number of hydrogen-bond acceptors (Lipinski definition) is 5. The van der Waals surface area contributed by atoms with Gasteiger partial charge in [-0.15, -0.1) is 0 Å². The highest BCUT2D eigenvalue weighted by atomic mass is 35.5. The summed E-state index contributed by atoms with van der Waals surface area (Å²) in [6.07, 6.45) is 1.53. The Morgan fingerprint density at radius 2 is 1.67 bits per heavy atom. The molecule has 0 fully saturated rings. The Kier molecular flexibility index (Phi) is 5.35. The molecular weight excluding hydrogens is 432 g/mol. The van der Waals surface area contributed by atoms with Gasteiger partial charge >= 0.3 is 0 Å². The van der Waals surface area contributed by atoms with Gasteiger partial charge in [-0.05, 0) is 41.3 Å². The van der Waals surface area contributed by atoms with Crippen LogP contribution < -0.4 is 10.8 Å². The molecule has 33 heavy (non-hydrogen) atoms. The summed E-state index contributed by atoms with van der Waals surface area (Å²) in [7, 11) is 0. The van der Waals surface area contributed by atoms with Gasteiger partial charge in [0.1, 0.15) is 17.7 Å². The first-order chi connectivity index (χ1) is 15.9. The van der Waals surface area contributed by atoms with Crippen LogP contribution in [0.15, 0.2) is 88.6 Å². The maximum absolute atomic E-state index is 6.28. The molecule has 0 aliphatic rings. The summed E-state index contributed by atoms with van der Waals surface area (Å²) in [6.45, 7) is 6.60. The fourth-order valence-electron chi connectivity index (χ4n) is 3.72. The first-order valence-electron chi connectivity index (χ1n) is 10.7. The second-order valence-electron chi connectivity index (χ2n) is 8.93. The highest BCUT2D eigenvalue weighted by molar-refractivity contribution is 6.31. The molecule has 0 amide bonds. The number of anilines is 1. The summed E-state index contributed by atoms with van der Waals surface area (Å²) in [6, 6.07) is 23.7. The van der Waals surface area contributed by atoms with Crippen molar-refractivity contribution in [2.45, 2.75) is 26.2 Å². The molecule has 5 rings (SSSR count). The number of para-hydroxylation sites is 1. The summed E-state index contributed by atoms with van der Waals surface area (Å²) >= 11 is 6.28. The van der Waals surface area contributed by atoms with E-state index in [4.69, 9.17) is 16.0 Å². The lowest BCUT2D eigenvalue weighted by Gasteiger charge is -2.19. The largest absolute Gasteiger partial charge is 0.456 e. The number of rotatable bonds is 3. The van der Waals surface area contributed by atoms with Gasteiger partial charge in [0.2, 0.25) is 0 Å². The van der Waals surface area contributed by atoms with E-state index in [9.17, 15) is 0 Å². The van der Waals surface area contributed by atoms with Gasteiger partial charge in [0, 0.05) is 27.4 Å². The number of nitrogens with one attached hydrogen (secondary N) is 1. The third-order valence-corrected chi connectivity index (χ3v) is 5.80. The van der Waals surface area contributed by atoms with Crippen LogP contribution in [0.5, 0.6) is 0 Å². The molecule has 0 spiro atoms. The first-order valence-corrected chi connectivity index (χ1v) is 11.1. The third kappa shape index (κ3) is 4.32. The van der Waals surface area contributed by atoms with Crippen molar-refractivity contribution in [2.75, 3.05) is 5.43 Å². The lowest BCUT2D eigenvalue weighted by Crippen LogP contribution is -2.10. The number of aromatic nitrogens is 2. The van der Waals surface area contributed by atoms with Crippen LogP contribution in [-0.4, -0.2) is 9.97 Å². The van der Waals surface area contributed by atoms with Crippen molar-refractivity contribution >= 4 is 39.3 Å². The van der Waals surface area contributed by atoms with Crippen molar-refractivity contribution in [1.82, 2.24) is 9.97 Å². The zero-order valence-electron chi connectivity index (χ0n) is 18.6. The predicted octanol–water partition coefficient (Wildman–Crippen LogP) is 6.92. The fourth-order valence-corrected chi connectivity index (χ4v) is 3.89. The molecule has 0 radical (unpaired) electrons. The maximum atomic E-state index is 6.28. The van der Waals surface area contributed by atoms with Gasteiger partial charge < -0.3 is 4.42 Å². The molecule has 0 atom stereocenters. The van der Waals surface area contributed by atoms with E-state index in [1.807, 2.05) is 48.5 Å². The van der Waals surface area contributed by atoms with E-state index in [-0.39, 0.29) is 5.41 Å². The molecular formula is C27H23ClN4O. The van der Waals surface area contributed by atoms with E-state index in [0.29, 0.717) is 21.8 Å². The summed E-state index contributed by atoms with van der Waals surface area (Å²) in [5.41, 5.74) is 6.98. The van der Waals surface area contributed by atoms with Gasteiger partial charge in [0.05, 0.1) is 10.9 Å². The minimum absolute atomic E-state index is 0.0839. The minimum Gasteiger partial charge on any atom is -0.456 e. The summed E-state index contributed by atoms with van der Waals surface area (Å²) in [5.74, 6) is 1.35. The van der Waals surface area contributed by atoms with Gasteiger partial charge in [-0.2, -0.15) is 5.10 Å². The van der Waals surface area contributed by atoms with Crippen LogP contribution in [-0.2, 0) is 5.41 Å². The van der Waals surface area contributed by atoms with Crippen molar-refractivity contribution in [3.05, 3.63) is 95.1 Å². The standard InChI is InChI=1S/C27H23ClN4O/c1-27(2,3)18-10-8-17(9-11-18)25-15-23(21-14-19(28)12-13-24(21)33-25)31-32-26-20-6-4-5-7-22(20)29-16-30-26/h4-16H,1-3H3,(H,29,30,32). The molecule has 0 unspecified atom stereocenters. The molecule has 5 nitrogen and oxygen atoms in total. The van der Waals surface area contributed by atoms with E-state index in [1.54, 1.807) is 0 Å². The van der Waals surface area contributed by atoms with Crippen LogP contribution in [0.4, 0.5) is 5.82 Å². The van der Waals surface area contributed by atoms with Crippen LogP contribution in [0.1, 0.15) is 26.3 Å². The third-order valence-electron chi connectivity index (χ3n) is 5.57. The number of nitrogens with zero attached hydrogens (tertiary/aromatic N) is 3. The summed E-state index contributed by atoms with van der Waals surface area (Å²) < 4.78 is 6.22. The van der Waals surface area contributed by atoms with Crippen molar-refractivity contribution in [3.8, 4) is 11.3 Å². The van der Waals surface area contributed by atoms with Gasteiger partial charge in [-0.25, -0.2) is 9.97 Å². The average Bonchev–Trinajstić information content (AvgIpc) is 2.82. The molecule has 3 aromatic carbocycles. The van der Waals surface area contributed by atoms with Crippen molar-refractivity contribution in [3.63, 3.8) is 0 Å². The van der Waals surface area contributed by atoms with E-state index >= 15 is 0 Å². The molecule has 2 aromatic heterocycles. The van der Waals surface area contributed by atoms with Gasteiger partial charge in [-0.1, -0.05) is 68.8 Å². The van der Waals surface area contributed by atoms with Crippen LogP contribution in [0.2, 0.25) is 5.02 Å². The van der Waals surface area contributed by atoms with Gasteiger partial charge in [-0.3, -0.25) is 5.43 Å². The second kappa shape index (κ2) is 8.34. The zero-order valence-corrected chi connectivity index (χ0v) is 19.4. The minimum atomic E-state index is 0.0839. The van der Waals surface area contributed by atoms with Crippen LogP contribution >= 0.6 is 11.6 Å². The van der Waals surface area contributed by atoms with E-state index in [2.05, 4.69) is 65.5 Å². The molecule has 6 heteroatoms. The van der Waals surface area contributed by atoms with Gasteiger partial charge in [0.25, 0.3) is 0 Å². The van der Waals surface area contributed by atoms with E-state index in [1.165, 1.54) is 11.9 Å². The number of hydrogen-bond donors (Lipinski definition) is 1. The Bertz CT molecular complexity index is 1530. The highest BCUT2D eigenvalue weighted by Crippen LogP contribution is 2.28. The Labute approximate surface area is 196 Å². The number of benzene rings is 3. The molecule has 164 valence electrons. The summed E-state index contributed by atoms with van der Waals surface area (Å²) in [5, 5.41) is 7.70. The van der Waals surface area contributed by atoms with E-state index < -0.39 is 0 Å².